The molecule has 0 aliphatic carbocycles. The highest BCUT2D eigenvalue weighted by atomic mass is 16.5. The van der Waals surface area contributed by atoms with E-state index in [9.17, 15) is 4.79 Å². The largest absolute Gasteiger partial charge is 0.366 e. The molecule has 0 bridgehead atoms. The van der Waals surface area contributed by atoms with Crippen molar-refractivity contribution in [3.8, 4) is 0 Å². The lowest BCUT2D eigenvalue weighted by Crippen LogP contribution is -2.20. The standard InChI is InChI=1S/C12H16O2/c1-3-12(10(2)13)14-9-11-7-5-4-6-8-11/h4-8,12H,3,9H2,1-2H3. The molecule has 1 atom stereocenters. The summed E-state index contributed by atoms with van der Waals surface area (Å²) in [7, 11) is 0. The summed E-state index contributed by atoms with van der Waals surface area (Å²) in [5.41, 5.74) is 1.10. The number of hydrogen-bond acceptors (Lipinski definition) is 2. The third-order valence-corrected chi connectivity index (χ3v) is 2.12. The Morgan fingerprint density at radius 2 is 2.00 bits per heavy atom. The van der Waals surface area contributed by atoms with Gasteiger partial charge in [0.1, 0.15) is 6.10 Å². The molecule has 14 heavy (non-hydrogen) atoms. The fourth-order valence-corrected chi connectivity index (χ4v) is 1.29. The first kappa shape index (κ1) is 10.9. The van der Waals surface area contributed by atoms with Crippen LogP contribution in [-0.4, -0.2) is 11.9 Å². The van der Waals surface area contributed by atoms with Crippen LogP contribution in [-0.2, 0) is 16.1 Å². The van der Waals surface area contributed by atoms with Gasteiger partial charge in [-0.25, -0.2) is 0 Å². The average molecular weight is 192 g/mol. The maximum absolute atomic E-state index is 11.1. The minimum Gasteiger partial charge on any atom is -0.366 e. The third kappa shape index (κ3) is 3.30. The number of ether oxygens (including phenoxy) is 1. The fourth-order valence-electron chi connectivity index (χ4n) is 1.29. The van der Waals surface area contributed by atoms with Crippen molar-refractivity contribution in [3.05, 3.63) is 35.9 Å². The van der Waals surface area contributed by atoms with Gasteiger partial charge in [-0.05, 0) is 18.9 Å². The summed E-state index contributed by atoms with van der Waals surface area (Å²) in [5, 5.41) is 0. The summed E-state index contributed by atoms with van der Waals surface area (Å²) in [6.45, 7) is 4.04. The molecule has 1 aromatic rings. The van der Waals surface area contributed by atoms with Gasteiger partial charge < -0.3 is 4.74 Å². The number of Topliss-reactive ketones (excluding diaryl/α,β-unsaturated/α-hetero) is 1. The van der Waals surface area contributed by atoms with Crippen molar-refractivity contribution < 1.29 is 9.53 Å². The molecule has 1 rings (SSSR count). The van der Waals surface area contributed by atoms with Gasteiger partial charge in [-0.2, -0.15) is 0 Å². The quantitative estimate of drug-likeness (QED) is 0.716. The highest BCUT2D eigenvalue weighted by Gasteiger charge is 2.11. The number of benzene rings is 1. The fraction of sp³-hybridized carbons (Fsp3) is 0.417. The van der Waals surface area contributed by atoms with Crippen molar-refractivity contribution >= 4 is 5.78 Å². The number of carbonyl (C=O) groups is 1. The van der Waals surface area contributed by atoms with Crippen LogP contribution >= 0.6 is 0 Å². The van der Waals surface area contributed by atoms with E-state index < -0.39 is 0 Å². The monoisotopic (exact) mass is 192 g/mol. The number of carbonyl (C=O) groups excluding carboxylic acids is 1. The van der Waals surface area contributed by atoms with Crippen LogP contribution in [0, 0.1) is 0 Å². The van der Waals surface area contributed by atoms with Gasteiger partial charge in [0.15, 0.2) is 5.78 Å². The number of ketones is 1. The average Bonchev–Trinajstić information content (AvgIpc) is 2.20. The highest BCUT2D eigenvalue weighted by molar-refractivity contribution is 5.80. The molecule has 0 amide bonds. The van der Waals surface area contributed by atoms with E-state index in [1.54, 1.807) is 6.92 Å². The summed E-state index contributed by atoms with van der Waals surface area (Å²) in [6.07, 6.45) is 0.484. The van der Waals surface area contributed by atoms with Gasteiger partial charge in [-0.1, -0.05) is 37.3 Å². The maximum atomic E-state index is 11.1. The predicted octanol–water partition coefficient (Wildman–Crippen LogP) is 2.57. The Morgan fingerprint density at radius 1 is 1.36 bits per heavy atom. The Kier molecular flexibility index (Phi) is 4.33. The minimum atomic E-state index is -0.254. The lowest BCUT2D eigenvalue weighted by molar-refractivity contribution is -0.129. The molecule has 0 saturated heterocycles. The first-order valence-electron chi connectivity index (χ1n) is 4.90. The molecule has 0 aliphatic rings. The van der Waals surface area contributed by atoms with E-state index in [0.29, 0.717) is 6.61 Å². The summed E-state index contributed by atoms with van der Waals surface area (Å²) in [5.74, 6) is 0.100. The van der Waals surface area contributed by atoms with Gasteiger partial charge in [-0.3, -0.25) is 4.79 Å². The van der Waals surface area contributed by atoms with E-state index in [1.165, 1.54) is 0 Å². The van der Waals surface area contributed by atoms with Crippen LogP contribution in [0.3, 0.4) is 0 Å². The van der Waals surface area contributed by atoms with Gasteiger partial charge in [0.05, 0.1) is 6.61 Å². The molecule has 0 spiro atoms. The Labute approximate surface area is 84.9 Å². The number of hydrogen-bond donors (Lipinski definition) is 0. The zero-order valence-corrected chi connectivity index (χ0v) is 8.69. The minimum absolute atomic E-state index is 0.100. The molecular weight excluding hydrogens is 176 g/mol. The molecule has 0 aliphatic heterocycles. The molecule has 0 saturated carbocycles. The van der Waals surface area contributed by atoms with E-state index in [0.717, 1.165) is 12.0 Å². The van der Waals surface area contributed by atoms with Crippen molar-refractivity contribution in [3.63, 3.8) is 0 Å². The van der Waals surface area contributed by atoms with Crippen LogP contribution < -0.4 is 0 Å². The molecular formula is C12H16O2. The normalized spacial score (nSPS) is 12.4. The first-order valence-corrected chi connectivity index (χ1v) is 4.90. The van der Waals surface area contributed by atoms with Crippen LogP contribution in [0.25, 0.3) is 0 Å². The van der Waals surface area contributed by atoms with E-state index in [2.05, 4.69) is 0 Å². The summed E-state index contributed by atoms with van der Waals surface area (Å²) in [6, 6.07) is 9.88. The lowest BCUT2D eigenvalue weighted by Gasteiger charge is -2.12. The van der Waals surface area contributed by atoms with Crippen molar-refractivity contribution in [2.75, 3.05) is 0 Å². The zero-order chi connectivity index (χ0) is 10.4. The van der Waals surface area contributed by atoms with Gasteiger partial charge in [0, 0.05) is 0 Å². The molecule has 0 aromatic heterocycles. The van der Waals surface area contributed by atoms with Gasteiger partial charge in [-0.15, -0.1) is 0 Å². The van der Waals surface area contributed by atoms with Crippen molar-refractivity contribution in [2.45, 2.75) is 33.0 Å². The van der Waals surface area contributed by atoms with Crippen molar-refractivity contribution in [1.82, 2.24) is 0 Å². The summed E-state index contributed by atoms with van der Waals surface area (Å²) < 4.78 is 5.49. The van der Waals surface area contributed by atoms with Crippen LogP contribution in [0.2, 0.25) is 0 Å². The van der Waals surface area contributed by atoms with Gasteiger partial charge in [0.25, 0.3) is 0 Å². The van der Waals surface area contributed by atoms with Crippen LogP contribution in [0.5, 0.6) is 0 Å². The SMILES string of the molecule is CCC(OCc1ccccc1)C(C)=O. The van der Waals surface area contributed by atoms with E-state index in [-0.39, 0.29) is 11.9 Å². The van der Waals surface area contributed by atoms with Crippen LogP contribution in [0.4, 0.5) is 0 Å². The smallest absolute Gasteiger partial charge is 0.158 e. The molecule has 0 radical (unpaired) electrons. The molecule has 1 unspecified atom stereocenters. The second-order valence-corrected chi connectivity index (χ2v) is 3.30. The molecule has 2 nitrogen and oxygen atoms in total. The Bertz CT molecular complexity index is 280. The van der Waals surface area contributed by atoms with E-state index in [1.807, 2.05) is 37.3 Å². The molecule has 1 aromatic carbocycles. The van der Waals surface area contributed by atoms with Gasteiger partial charge in [0.2, 0.25) is 0 Å². The molecule has 0 heterocycles. The van der Waals surface area contributed by atoms with Gasteiger partial charge >= 0.3 is 0 Å². The first-order chi connectivity index (χ1) is 6.74. The lowest BCUT2D eigenvalue weighted by atomic mass is 10.2. The summed E-state index contributed by atoms with van der Waals surface area (Å²) in [4.78, 5) is 11.1. The second kappa shape index (κ2) is 5.55. The Hall–Kier alpha value is -1.15. The second-order valence-electron chi connectivity index (χ2n) is 3.30. The molecule has 0 fully saturated rings. The maximum Gasteiger partial charge on any atom is 0.158 e. The molecule has 76 valence electrons. The Balaban J connectivity index is 2.44. The van der Waals surface area contributed by atoms with Crippen LogP contribution in [0.15, 0.2) is 30.3 Å². The molecule has 0 N–H and O–H groups in total. The Morgan fingerprint density at radius 3 is 2.50 bits per heavy atom. The topological polar surface area (TPSA) is 26.3 Å². The van der Waals surface area contributed by atoms with Crippen LogP contribution in [0.1, 0.15) is 25.8 Å². The zero-order valence-electron chi connectivity index (χ0n) is 8.69. The summed E-state index contributed by atoms with van der Waals surface area (Å²) >= 11 is 0. The van der Waals surface area contributed by atoms with Crippen molar-refractivity contribution in [2.24, 2.45) is 0 Å². The third-order valence-electron chi connectivity index (χ3n) is 2.12. The number of rotatable bonds is 5. The highest BCUT2D eigenvalue weighted by Crippen LogP contribution is 2.06. The predicted molar refractivity (Wildman–Crippen MR) is 56.0 cm³/mol. The van der Waals surface area contributed by atoms with E-state index in [4.69, 9.17) is 4.74 Å². The van der Waals surface area contributed by atoms with Crippen molar-refractivity contribution in [1.29, 1.82) is 0 Å². The van der Waals surface area contributed by atoms with E-state index >= 15 is 0 Å². The molecule has 2 heteroatoms.